The summed E-state index contributed by atoms with van der Waals surface area (Å²) in [4.78, 5) is 2.19. The number of sulfonamides is 1. The molecular weight excluding hydrogens is 296 g/mol. The maximum absolute atomic E-state index is 12.3. The van der Waals surface area contributed by atoms with E-state index in [0.29, 0.717) is 5.84 Å². The number of rotatable bonds is 3. The van der Waals surface area contributed by atoms with Crippen LogP contribution in [0.3, 0.4) is 0 Å². The highest BCUT2D eigenvalue weighted by Crippen LogP contribution is 2.16. The number of halogens is 1. The first kappa shape index (κ1) is 15.3. The van der Waals surface area contributed by atoms with Gasteiger partial charge in [-0.3, -0.25) is 0 Å². The van der Waals surface area contributed by atoms with Crippen molar-refractivity contribution in [2.75, 3.05) is 19.0 Å². The van der Waals surface area contributed by atoms with Crippen LogP contribution in [0.15, 0.2) is 33.6 Å². The first-order valence-electron chi connectivity index (χ1n) is 6.74. The standard InChI is InChI=1S/C14H19ClN2O2S/c1-12-5-7-13(8-6-12)20(18,19)16-14(11-15)17-9-3-2-4-10-17/h5-8H,2-4,9-11H2,1H3. The van der Waals surface area contributed by atoms with Gasteiger partial charge in [0.05, 0.1) is 10.8 Å². The fourth-order valence-electron chi connectivity index (χ4n) is 2.22. The molecule has 1 aliphatic rings. The van der Waals surface area contributed by atoms with Crippen LogP contribution >= 0.6 is 11.6 Å². The third kappa shape index (κ3) is 3.73. The molecule has 1 aromatic carbocycles. The van der Waals surface area contributed by atoms with Crippen LogP contribution in [0.1, 0.15) is 24.8 Å². The third-order valence-electron chi connectivity index (χ3n) is 3.39. The molecular formula is C14H19ClN2O2S. The molecule has 0 atom stereocenters. The van der Waals surface area contributed by atoms with E-state index >= 15 is 0 Å². The molecule has 20 heavy (non-hydrogen) atoms. The van der Waals surface area contributed by atoms with Gasteiger partial charge in [0, 0.05) is 13.1 Å². The highest BCUT2D eigenvalue weighted by atomic mass is 35.5. The molecule has 6 heteroatoms. The molecule has 1 fully saturated rings. The van der Waals surface area contributed by atoms with Crippen LogP contribution in [0, 0.1) is 6.92 Å². The first-order chi connectivity index (χ1) is 9.53. The number of likely N-dealkylation sites (tertiary alicyclic amines) is 1. The summed E-state index contributed by atoms with van der Waals surface area (Å²) in [6.07, 6.45) is 3.29. The molecule has 1 heterocycles. The predicted octanol–water partition coefficient (Wildman–Crippen LogP) is 2.81. The van der Waals surface area contributed by atoms with Crippen molar-refractivity contribution in [2.24, 2.45) is 4.40 Å². The molecule has 1 aliphatic heterocycles. The van der Waals surface area contributed by atoms with Crippen molar-refractivity contribution >= 4 is 27.5 Å². The summed E-state index contributed by atoms with van der Waals surface area (Å²) < 4.78 is 28.5. The molecule has 0 bridgehead atoms. The maximum atomic E-state index is 12.3. The monoisotopic (exact) mass is 314 g/mol. The molecule has 4 nitrogen and oxygen atoms in total. The van der Waals surface area contributed by atoms with Gasteiger partial charge in [0.1, 0.15) is 5.84 Å². The van der Waals surface area contributed by atoms with Crippen LogP contribution < -0.4 is 0 Å². The Hall–Kier alpha value is -1.07. The summed E-state index contributed by atoms with van der Waals surface area (Å²) in [6, 6.07) is 6.69. The van der Waals surface area contributed by atoms with Crippen molar-refractivity contribution in [1.82, 2.24) is 4.90 Å². The summed E-state index contributed by atoms with van der Waals surface area (Å²) in [5, 5.41) is 0. The van der Waals surface area contributed by atoms with E-state index in [1.54, 1.807) is 24.3 Å². The van der Waals surface area contributed by atoms with E-state index in [4.69, 9.17) is 11.6 Å². The Labute approximate surface area is 125 Å². The number of nitrogens with zero attached hydrogens (tertiary/aromatic N) is 2. The van der Waals surface area contributed by atoms with Crippen molar-refractivity contribution in [3.63, 3.8) is 0 Å². The van der Waals surface area contributed by atoms with E-state index in [1.165, 1.54) is 6.42 Å². The Morgan fingerprint density at radius 1 is 1.20 bits per heavy atom. The number of piperidine rings is 1. The number of hydrogen-bond donors (Lipinski definition) is 0. The molecule has 0 saturated carbocycles. The smallest absolute Gasteiger partial charge is 0.283 e. The summed E-state index contributed by atoms with van der Waals surface area (Å²) in [7, 11) is -3.68. The fourth-order valence-corrected chi connectivity index (χ4v) is 3.56. The maximum Gasteiger partial charge on any atom is 0.283 e. The van der Waals surface area contributed by atoms with E-state index < -0.39 is 10.0 Å². The number of amidine groups is 1. The van der Waals surface area contributed by atoms with Crippen LogP contribution in [0.4, 0.5) is 0 Å². The van der Waals surface area contributed by atoms with Crippen LogP contribution in [-0.2, 0) is 10.0 Å². The van der Waals surface area contributed by atoms with Gasteiger partial charge in [-0.1, -0.05) is 17.7 Å². The molecule has 0 aromatic heterocycles. The lowest BCUT2D eigenvalue weighted by Gasteiger charge is -2.28. The molecule has 0 aliphatic carbocycles. The third-order valence-corrected chi connectivity index (χ3v) is 4.94. The van der Waals surface area contributed by atoms with E-state index in [2.05, 4.69) is 4.40 Å². The minimum Gasteiger partial charge on any atom is -0.358 e. The van der Waals surface area contributed by atoms with Gasteiger partial charge in [-0.15, -0.1) is 16.0 Å². The van der Waals surface area contributed by atoms with Crippen molar-refractivity contribution in [3.05, 3.63) is 29.8 Å². The molecule has 2 rings (SSSR count). The van der Waals surface area contributed by atoms with Gasteiger partial charge in [-0.25, -0.2) is 0 Å². The summed E-state index contributed by atoms with van der Waals surface area (Å²) >= 11 is 5.88. The van der Waals surface area contributed by atoms with Crippen LogP contribution in [0.2, 0.25) is 0 Å². The minimum absolute atomic E-state index is 0.116. The summed E-state index contributed by atoms with van der Waals surface area (Å²) in [5.74, 6) is 0.567. The quantitative estimate of drug-likeness (QED) is 0.490. The zero-order valence-electron chi connectivity index (χ0n) is 11.5. The number of benzene rings is 1. The zero-order chi connectivity index (χ0) is 14.6. The van der Waals surface area contributed by atoms with Crippen molar-refractivity contribution in [1.29, 1.82) is 0 Å². The second-order valence-corrected chi connectivity index (χ2v) is 6.85. The second kappa shape index (κ2) is 6.59. The van der Waals surface area contributed by atoms with Gasteiger partial charge >= 0.3 is 0 Å². The molecule has 0 radical (unpaired) electrons. The number of aryl methyl sites for hydroxylation is 1. The normalized spacial score (nSPS) is 17.3. The Balaban J connectivity index is 2.27. The lowest BCUT2D eigenvalue weighted by molar-refractivity contribution is 0.341. The number of alkyl halides is 1. The highest BCUT2D eigenvalue weighted by Gasteiger charge is 2.19. The molecule has 0 unspecified atom stereocenters. The lowest BCUT2D eigenvalue weighted by atomic mass is 10.1. The van der Waals surface area contributed by atoms with Crippen LogP contribution in [0.5, 0.6) is 0 Å². The average Bonchev–Trinajstić information content (AvgIpc) is 2.46. The first-order valence-corrected chi connectivity index (χ1v) is 8.72. The molecule has 0 spiro atoms. The Morgan fingerprint density at radius 2 is 1.80 bits per heavy atom. The van der Waals surface area contributed by atoms with E-state index in [0.717, 1.165) is 31.5 Å². The molecule has 0 N–H and O–H groups in total. The van der Waals surface area contributed by atoms with Crippen LogP contribution in [-0.4, -0.2) is 38.1 Å². The summed E-state index contributed by atoms with van der Waals surface area (Å²) in [5.41, 5.74) is 1.02. The molecule has 1 saturated heterocycles. The highest BCUT2D eigenvalue weighted by molar-refractivity contribution is 7.90. The summed E-state index contributed by atoms with van der Waals surface area (Å²) in [6.45, 7) is 3.57. The van der Waals surface area contributed by atoms with Gasteiger partial charge in [0.2, 0.25) is 0 Å². The average molecular weight is 315 g/mol. The van der Waals surface area contributed by atoms with E-state index in [9.17, 15) is 8.42 Å². The van der Waals surface area contributed by atoms with Gasteiger partial charge in [0.15, 0.2) is 0 Å². The predicted molar refractivity (Wildman–Crippen MR) is 81.9 cm³/mol. The Kier molecular flexibility index (Phi) is 5.05. The van der Waals surface area contributed by atoms with E-state index in [-0.39, 0.29) is 10.8 Å². The molecule has 0 amide bonds. The van der Waals surface area contributed by atoms with Crippen molar-refractivity contribution in [3.8, 4) is 0 Å². The zero-order valence-corrected chi connectivity index (χ0v) is 13.1. The number of hydrogen-bond acceptors (Lipinski definition) is 2. The topological polar surface area (TPSA) is 49.7 Å². The second-order valence-electron chi connectivity index (χ2n) is 4.98. The van der Waals surface area contributed by atoms with Gasteiger partial charge in [-0.2, -0.15) is 8.42 Å². The van der Waals surface area contributed by atoms with Gasteiger partial charge in [-0.05, 0) is 38.3 Å². The van der Waals surface area contributed by atoms with Gasteiger partial charge in [0.25, 0.3) is 10.0 Å². The van der Waals surface area contributed by atoms with Crippen molar-refractivity contribution in [2.45, 2.75) is 31.1 Å². The van der Waals surface area contributed by atoms with E-state index in [1.807, 2.05) is 11.8 Å². The Bertz CT molecular complexity index is 576. The van der Waals surface area contributed by atoms with Gasteiger partial charge < -0.3 is 4.90 Å². The largest absolute Gasteiger partial charge is 0.358 e. The lowest BCUT2D eigenvalue weighted by Crippen LogP contribution is -2.37. The minimum atomic E-state index is -3.68. The van der Waals surface area contributed by atoms with Crippen LogP contribution in [0.25, 0.3) is 0 Å². The Morgan fingerprint density at radius 3 is 2.35 bits per heavy atom. The molecule has 110 valence electrons. The SMILES string of the molecule is Cc1ccc(S(=O)(=O)N=C(CCl)N2CCCCC2)cc1. The fraction of sp³-hybridized carbons (Fsp3) is 0.500. The molecule has 1 aromatic rings. The van der Waals surface area contributed by atoms with Crippen molar-refractivity contribution < 1.29 is 8.42 Å².